The lowest BCUT2D eigenvalue weighted by Gasteiger charge is -2.14. The van der Waals surface area contributed by atoms with Crippen LogP contribution in [0.5, 0.6) is 0 Å². The molecular formula is C23H17N3O5. The van der Waals surface area contributed by atoms with Gasteiger partial charge in [0.1, 0.15) is 6.61 Å². The first-order valence-corrected chi connectivity index (χ1v) is 9.49. The SMILES string of the molecule is O=C(NCC#Cc1cc([N+](=O)[O-])c[nH]c1=O)OCC1c2ccccc2-c2ccccc21. The molecule has 1 aromatic heterocycles. The highest BCUT2D eigenvalue weighted by Crippen LogP contribution is 2.44. The van der Waals surface area contributed by atoms with Crippen LogP contribution in [-0.2, 0) is 4.74 Å². The Labute approximate surface area is 177 Å². The number of hydrogen-bond donors (Lipinski definition) is 2. The summed E-state index contributed by atoms with van der Waals surface area (Å²) in [5.41, 5.74) is 3.64. The van der Waals surface area contributed by atoms with Crippen LogP contribution >= 0.6 is 0 Å². The monoisotopic (exact) mass is 415 g/mol. The lowest BCUT2D eigenvalue weighted by molar-refractivity contribution is -0.385. The summed E-state index contributed by atoms with van der Waals surface area (Å²) in [5.74, 6) is 5.06. The molecule has 0 radical (unpaired) electrons. The van der Waals surface area contributed by atoms with Gasteiger partial charge in [-0.05, 0) is 22.3 Å². The van der Waals surface area contributed by atoms with E-state index >= 15 is 0 Å². The van der Waals surface area contributed by atoms with Crippen molar-refractivity contribution in [3.05, 3.63) is 98.0 Å². The number of aromatic nitrogens is 1. The van der Waals surface area contributed by atoms with Crippen molar-refractivity contribution in [3.8, 4) is 23.0 Å². The molecule has 8 heteroatoms. The third-order valence-corrected chi connectivity index (χ3v) is 4.99. The zero-order chi connectivity index (χ0) is 21.8. The predicted molar refractivity (Wildman–Crippen MR) is 114 cm³/mol. The molecular weight excluding hydrogens is 398 g/mol. The fourth-order valence-corrected chi connectivity index (χ4v) is 3.58. The van der Waals surface area contributed by atoms with Crippen molar-refractivity contribution in [1.82, 2.24) is 10.3 Å². The van der Waals surface area contributed by atoms with E-state index in [1.54, 1.807) is 0 Å². The first-order valence-electron chi connectivity index (χ1n) is 9.49. The molecule has 1 aliphatic carbocycles. The average molecular weight is 415 g/mol. The van der Waals surface area contributed by atoms with Crippen LogP contribution in [0.1, 0.15) is 22.6 Å². The Morgan fingerprint density at radius 2 is 1.77 bits per heavy atom. The van der Waals surface area contributed by atoms with Crippen LogP contribution in [0.4, 0.5) is 10.5 Å². The average Bonchev–Trinajstić information content (AvgIpc) is 3.10. The molecule has 2 aromatic carbocycles. The first-order chi connectivity index (χ1) is 15.0. The summed E-state index contributed by atoms with van der Waals surface area (Å²) < 4.78 is 5.39. The van der Waals surface area contributed by atoms with Crippen LogP contribution in [0.25, 0.3) is 11.1 Å². The minimum absolute atomic E-state index is 0.0485. The molecule has 1 aliphatic rings. The number of alkyl carbamates (subject to hydrolysis) is 1. The summed E-state index contributed by atoms with van der Waals surface area (Å²) in [6.45, 7) is 0.108. The summed E-state index contributed by atoms with van der Waals surface area (Å²) in [6, 6.07) is 17.1. The number of amides is 1. The highest BCUT2D eigenvalue weighted by molar-refractivity contribution is 5.79. The van der Waals surface area contributed by atoms with E-state index in [4.69, 9.17) is 4.74 Å². The van der Waals surface area contributed by atoms with E-state index in [1.807, 2.05) is 36.4 Å². The molecule has 8 nitrogen and oxygen atoms in total. The van der Waals surface area contributed by atoms with Crippen molar-refractivity contribution >= 4 is 11.8 Å². The fourth-order valence-electron chi connectivity index (χ4n) is 3.58. The molecule has 0 atom stereocenters. The lowest BCUT2D eigenvalue weighted by atomic mass is 9.98. The molecule has 0 spiro atoms. The predicted octanol–water partition coefficient (Wildman–Crippen LogP) is 3.17. The maximum atomic E-state index is 12.1. The summed E-state index contributed by atoms with van der Waals surface area (Å²) in [4.78, 5) is 36.2. The second-order valence-corrected chi connectivity index (χ2v) is 6.84. The Morgan fingerprint density at radius 1 is 1.13 bits per heavy atom. The quantitative estimate of drug-likeness (QED) is 0.386. The number of H-pyrrole nitrogens is 1. The highest BCUT2D eigenvalue weighted by atomic mass is 16.6. The molecule has 1 amide bonds. The Hall–Kier alpha value is -4.38. The lowest BCUT2D eigenvalue weighted by Crippen LogP contribution is -2.26. The van der Waals surface area contributed by atoms with Gasteiger partial charge in [-0.2, -0.15) is 0 Å². The minimum Gasteiger partial charge on any atom is -0.449 e. The first kappa shape index (κ1) is 19.9. The molecule has 4 rings (SSSR count). The van der Waals surface area contributed by atoms with Crippen molar-refractivity contribution in [3.63, 3.8) is 0 Å². The van der Waals surface area contributed by atoms with Crippen molar-refractivity contribution in [1.29, 1.82) is 0 Å². The molecule has 0 saturated carbocycles. The molecule has 31 heavy (non-hydrogen) atoms. The number of benzene rings is 2. The zero-order valence-corrected chi connectivity index (χ0v) is 16.3. The van der Waals surface area contributed by atoms with Crippen molar-refractivity contribution in [2.75, 3.05) is 13.2 Å². The number of nitro groups is 1. The number of nitrogens with one attached hydrogen (secondary N) is 2. The Kier molecular flexibility index (Phi) is 5.49. The minimum atomic E-state index is -0.635. The van der Waals surface area contributed by atoms with E-state index in [2.05, 4.69) is 34.3 Å². The molecule has 2 N–H and O–H groups in total. The van der Waals surface area contributed by atoms with Gasteiger partial charge in [0.25, 0.3) is 11.2 Å². The van der Waals surface area contributed by atoms with E-state index in [9.17, 15) is 19.7 Å². The molecule has 0 saturated heterocycles. The molecule has 1 heterocycles. The molecule has 0 unspecified atom stereocenters. The van der Waals surface area contributed by atoms with Crippen LogP contribution < -0.4 is 10.9 Å². The topological polar surface area (TPSA) is 114 Å². The zero-order valence-electron chi connectivity index (χ0n) is 16.3. The number of hydrogen-bond acceptors (Lipinski definition) is 5. The number of carbonyl (C=O) groups is 1. The van der Waals surface area contributed by atoms with Gasteiger partial charge in [0.15, 0.2) is 0 Å². The third kappa shape index (κ3) is 4.16. The molecule has 0 fully saturated rings. The molecule has 0 bridgehead atoms. The summed E-state index contributed by atoms with van der Waals surface area (Å²) in [5, 5.41) is 13.3. The Bertz CT molecular complexity index is 1240. The number of carbonyl (C=O) groups excluding carboxylic acids is 1. The second-order valence-electron chi connectivity index (χ2n) is 6.84. The van der Waals surface area contributed by atoms with Gasteiger partial charge in [0.2, 0.25) is 0 Å². The molecule has 3 aromatic rings. The van der Waals surface area contributed by atoms with Gasteiger partial charge in [-0.3, -0.25) is 14.9 Å². The van der Waals surface area contributed by atoms with Gasteiger partial charge in [-0.15, -0.1) is 0 Å². The standard InChI is InChI=1S/C23H17N3O5/c27-22-15(12-16(13-25-22)26(29)30)6-5-11-24-23(28)31-14-21-19-9-3-1-7-17(19)18-8-2-4-10-20(18)21/h1-4,7-10,12-13,21H,11,14H2,(H,24,28)(H,25,27). The normalized spacial score (nSPS) is 11.6. The second kappa shape index (κ2) is 8.55. The maximum absolute atomic E-state index is 12.1. The summed E-state index contributed by atoms with van der Waals surface area (Å²) in [6.07, 6.45) is 0.367. The smallest absolute Gasteiger partial charge is 0.407 e. The number of ether oxygens (including phenoxy) is 1. The van der Waals surface area contributed by atoms with Gasteiger partial charge < -0.3 is 15.0 Å². The molecule has 154 valence electrons. The summed E-state index contributed by atoms with van der Waals surface area (Å²) in [7, 11) is 0. The molecule has 0 aliphatic heterocycles. The van der Waals surface area contributed by atoms with Crippen LogP contribution in [0.2, 0.25) is 0 Å². The van der Waals surface area contributed by atoms with E-state index in [-0.39, 0.29) is 30.3 Å². The van der Waals surface area contributed by atoms with Crippen LogP contribution in [0, 0.1) is 22.0 Å². The Morgan fingerprint density at radius 3 is 2.42 bits per heavy atom. The van der Waals surface area contributed by atoms with Gasteiger partial charge in [-0.1, -0.05) is 60.4 Å². The van der Waals surface area contributed by atoms with E-state index in [1.165, 1.54) is 0 Å². The third-order valence-electron chi connectivity index (χ3n) is 4.99. The highest BCUT2D eigenvalue weighted by Gasteiger charge is 2.28. The summed E-state index contributed by atoms with van der Waals surface area (Å²) >= 11 is 0. The number of fused-ring (bicyclic) bond motifs is 3. The maximum Gasteiger partial charge on any atom is 0.407 e. The largest absolute Gasteiger partial charge is 0.449 e. The van der Waals surface area contributed by atoms with Crippen LogP contribution in [0.15, 0.2) is 65.6 Å². The van der Waals surface area contributed by atoms with Gasteiger partial charge in [0.05, 0.1) is 23.2 Å². The van der Waals surface area contributed by atoms with Crippen molar-refractivity contribution in [2.45, 2.75) is 5.92 Å². The van der Waals surface area contributed by atoms with Gasteiger partial charge in [-0.25, -0.2) is 4.79 Å². The van der Waals surface area contributed by atoms with Gasteiger partial charge >= 0.3 is 6.09 Å². The number of rotatable bonds is 4. The number of pyridine rings is 1. The van der Waals surface area contributed by atoms with E-state index < -0.39 is 16.6 Å². The number of nitrogens with zero attached hydrogens (tertiary/aromatic N) is 1. The van der Waals surface area contributed by atoms with Gasteiger partial charge in [0, 0.05) is 12.0 Å². The van der Waals surface area contributed by atoms with E-state index in [0.29, 0.717) is 0 Å². The fraction of sp³-hybridized carbons (Fsp3) is 0.130. The van der Waals surface area contributed by atoms with Crippen LogP contribution in [-0.4, -0.2) is 29.2 Å². The van der Waals surface area contributed by atoms with E-state index in [0.717, 1.165) is 34.5 Å². The van der Waals surface area contributed by atoms with Crippen molar-refractivity contribution < 1.29 is 14.5 Å². The Balaban J connectivity index is 1.36. The number of aromatic amines is 1. The van der Waals surface area contributed by atoms with Crippen LogP contribution in [0.3, 0.4) is 0 Å². The van der Waals surface area contributed by atoms with Crippen molar-refractivity contribution in [2.24, 2.45) is 0 Å².